The topological polar surface area (TPSA) is 57.6 Å². The third-order valence-corrected chi connectivity index (χ3v) is 3.64. The lowest BCUT2D eigenvalue weighted by Crippen LogP contribution is -2.28. The first-order valence-corrected chi connectivity index (χ1v) is 6.65. The van der Waals surface area contributed by atoms with Crippen molar-refractivity contribution in [3.8, 4) is 0 Å². The lowest BCUT2D eigenvalue weighted by atomic mass is 10.0. The fourth-order valence-corrected chi connectivity index (χ4v) is 2.82. The summed E-state index contributed by atoms with van der Waals surface area (Å²) in [5.41, 5.74) is 2.68. The molecule has 1 aliphatic rings. The quantitative estimate of drug-likeness (QED) is 0.928. The number of carbonyl (C=O) groups excluding carboxylic acids is 1. The smallest absolute Gasteiger partial charge is 0.303 e. The first-order chi connectivity index (χ1) is 9.58. The summed E-state index contributed by atoms with van der Waals surface area (Å²) >= 11 is 0. The van der Waals surface area contributed by atoms with Crippen LogP contribution in [0.2, 0.25) is 0 Å². The SMILES string of the molecule is Cc1cc2c3c(cccc3c1)N(CCCC(=O)O)C2=O. The average molecular weight is 269 g/mol. The Labute approximate surface area is 116 Å². The number of carboxylic acids is 1. The van der Waals surface area contributed by atoms with Crippen molar-refractivity contribution in [2.24, 2.45) is 0 Å². The van der Waals surface area contributed by atoms with E-state index >= 15 is 0 Å². The molecule has 4 nitrogen and oxygen atoms in total. The zero-order chi connectivity index (χ0) is 14.3. The lowest BCUT2D eigenvalue weighted by molar-refractivity contribution is -0.137. The maximum Gasteiger partial charge on any atom is 0.303 e. The summed E-state index contributed by atoms with van der Waals surface area (Å²) in [6.45, 7) is 2.42. The minimum absolute atomic E-state index is 0.0229. The predicted molar refractivity (Wildman–Crippen MR) is 77.2 cm³/mol. The third-order valence-electron chi connectivity index (χ3n) is 3.64. The molecule has 0 unspecified atom stereocenters. The summed E-state index contributed by atoms with van der Waals surface area (Å²) in [5.74, 6) is -0.853. The Morgan fingerprint density at radius 2 is 2.10 bits per heavy atom. The maximum absolute atomic E-state index is 12.5. The van der Waals surface area contributed by atoms with Gasteiger partial charge in [-0.2, -0.15) is 0 Å². The molecular formula is C16H15NO3. The van der Waals surface area contributed by atoms with Crippen LogP contribution in [0.15, 0.2) is 30.3 Å². The molecule has 0 radical (unpaired) electrons. The number of nitrogens with zero attached hydrogens (tertiary/aromatic N) is 1. The van der Waals surface area contributed by atoms with Gasteiger partial charge >= 0.3 is 5.97 Å². The summed E-state index contributed by atoms with van der Waals surface area (Å²) in [7, 11) is 0. The number of aliphatic carboxylic acids is 1. The molecule has 0 saturated heterocycles. The van der Waals surface area contributed by atoms with Gasteiger partial charge in [-0.25, -0.2) is 0 Å². The largest absolute Gasteiger partial charge is 0.481 e. The first-order valence-electron chi connectivity index (χ1n) is 6.65. The number of benzene rings is 2. The summed E-state index contributed by atoms with van der Waals surface area (Å²) < 4.78 is 0. The number of anilines is 1. The summed E-state index contributed by atoms with van der Waals surface area (Å²) in [4.78, 5) is 24.8. The molecular weight excluding hydrogens is 254 g/mol. The lowest BCUT2D eigenvalue weighted by Gasteiger charge is -2.16. The van der Waals surface area contributed by atoms with Gasteiger partial charge in [0.2, 0.25) is 0 Å². The fourth-order valence-electron chi connectivity index (χ4n) is 2.82. The summed E-state index contributed by atoms with van der Waals surface area (Å²) in [5, 5.41) is 10.8. The van der Waals surface area contributed by atoms with Crippen LogP contribution in [0, 0.1) is 6.92 Å². The third kappa shape index (κ3) is 1.93. The van der Waals surface area contributed by atoms with E-state index in [9.17, 15) is 9.59 Å². The second kappa shape index (κ2) is 4.63. The van der Waals surface area contributed by atoms with E-state index < -0.39 is 5.97 Å². The highest BCUT2D eigenvalue weighted by molar-refractivity contribution is 6.25. The number of carbonyl (C=O) groups is 2. The summed E-state index contributed by atoms with van der Waals surface area (Å²) in [6.07, 6.45) is 0.541. The fraction of sp³-hybridized carbons (Fsp3) is 0.250. The van der Waals surface area contributed by atoms with Crippen LogP contribution in [-0.4, -0.2) is 23.5 Å². The molecule has 1 aliphatic heterocycles. The molecule has 0 atom stereocenters. The molecule has 3 rings (SSSR count). The minimum atomic E-state index is -0.830. The number of rotatable bonds is 4. The highest BCUT2D eigenvalue weighted by atomic mass is 16.4. The van der Waals surface area contributed by atoms with Gasteiger partial charge < -0.3 is 10.0 Å². The normalized spacial score (nSPS) is 13.2. The summed E-state index contributed by atoms with van der Waals surface area (Å²) in [6, 6.07) is 9.83. The number of aryl methyl sites for hydroxylation is 1. The number of hydrogen-bond acceptors (Lipinski definition) is 2. The Balaban J connectivity index is 2.00. The molecule has 2 aromatic carbocycles. The van der Waals surface area contributed by atoms with Crippen LogP contribution >= 0.6 is 0 Å². The van der Waals surface area contributed by atoms with Crippen LogP contribution in [0.4, 0.5) is 5.69 Å². The van der Waals surface area contributed by atoms with Crippen LogP contribution in [0.1, 0.15) is 28.8 Å². The molecule has 1 heterocycles. The minimum Gasteiger partial charge on any atom is -0.481 e. The van der Waals surface area contributed by atoms with Gasteiger partial charge in [0.25, 0.3) is 5.91 Å². The Morgan fingerprint density at radius 3 is 2.85 bits per heavy atom. The van der Waals surface area contributed by atoms with Gasteiger partial charge in [-0.3, -0.25) is 9.59 Å². The molecule has 0 spiro atoms. The molecule has 1 N–H and O–H groups in total. The van der Waals surface area contributed by atoms with Gasteiger partial charge in [-0.1, -0.05) is 18.2 Å². The van der Waals surface area contributed by atoms with Gasteiger partial charge in [-0.15, -0.1) is 0 Å². The molecule has 0 aliphatic carbocycles. The zero-order valence-electron chi connectivity index (χ0n) is 11.2. The van der Waals surface area contributed by atoms with E-state index in [-0.39, 0.29) is 12.3 Å². The van der Waals surface area contributed by atoms with Crippen LogP contribution in [0.3, 0.4) is 0 Å². The van der Waals surface area contributed by atoms with Crippen LogP contribution in [-0.2, 0) is 4.79 Å². The van der Waals surface area contributed by atoms with E-state index in [2.05, 4.69) is 6.07 Å². The average Bonchev–Trinajstić information content (AvgIpc) is 2.65. The molecule has 20 heavy (non-hydrogen) atoms. The highest BCUT2D eigenvalue weighted by Crippen LogP contribution is 2.38. The van der Waals surface area contributed by atoms with Gasteiger partial charge in [0.1, 0.15) is 0 Å². The van der Waals surface area contributed by atoms with E-state index in [0.29, 0.717) is 13.0 Å². The molecule has 0 bridgehead atoms. The van der Waals surface area contributed by atoms with E-state index in [0.717, 1.165) is 27.6 Å². The molecule has 4 heteroatoms. The number of amides is 1. The Hall–Kier alpha value is -2.36. The molecule has 0 aromatic heterocycles. The Kier molecular flexibility index (Phi) is 2.93. The van der Waals surface area contributed by atoms with Crippen molar-refractivity contribution in [2.45, 2.75) is 19.8 Å². The second-order valence-corrected chi connectivity index (χ2v) is 5.14. The predicted octanol–water partition coefficient (Wildman–Crippen LogP) is 2.97. The van der Waals surface area contributed by atoms with Crippen molar-refractivity contribution in [3.63, 3.8) is 0 Å². The highest BCUT2D eigenvalue weighted by Gasteiger charge is 2.29. The van der Waals surface area contributed by atoms with Crippen molar-refractivity contribution in [2.75, 3.05) is 11.4 Å². The molecule has 2 aromatic rings. The second-order valence-electron chi connectivity index (χ2n) is 5.14. The van der Waals surface area contributed by atoms with Crippen LogP contribution in [0.25, 0.3) is 10.8 Å². The zero-order valence-corrected chi connectivity index (χ0v) is 11.2. The van der Waals surface area contributed by atoms with Crippen molar-refractivity contribution in [1.82, 2.24) is 0 Å². The first kappa shape index (κ1) is 12.7. The van der Waals surface area contributed by atoms with Gasteiger partial charge in [-0.05, 0) is 36.4 Å². The molecule has 1 amide bonds. The Morgan fingerprint density at radius 1 is 1.30 bits per heavy atom. The maximum atomic E-state index is 12.5. The van der Waals surface area contributed by atoms with Gasteiger partial charge in [0.05, 0.1) is 11.3 Å². The van der Waals surface area contributed by atoms with Gasteiger partial charge in [0, 0.05) is 18.4 Å². The van der Waals surface area contributed by atoms with E-state index in [1.54, 1.807) is 4.90 Å². The van der Waals surface area contributed by atoms with Crippen molar-refractivity contribution in [1.29, 1.82) is 0 Å². The van der Waals surface area contributed by atoms with Crippen molar-refractivity contribution >= 4 is 28.3 Å². The molecule has 102 valence electrons. The van der Waals surface area contributed by atoms with Crippen molar-refractivity contribution in [3.05, 3.63) is 41.5 Å². The van der Waals surface area contributed by atoms with E-state index in [1.807, 2.05) is 31.2 Å². The van der Waals surface area contributed by atoms with Gasteiger partial charge in [0.15, 0.2) is 0 Å². The standard InChI is InChI=1S/C16H15NO3/c1-10-8-11-4-2-5-13-15(11)12(9-10)16(20)17(13)7-3-6-14(18)19/h2,4-5,8-9H,3,6-7H2,1H3,(H,18,19). The van der Waals surface area contributed by atoms with E-state index in [4.69, 9.17) is 5.11 Å². The molecule has 0 saturated carbocycles. The monoisotopic (exact) mass is 269 g/mol. The molecule has 0 fully saturated rings. The Bertz CT molecular complexity index is 721. The van der Waals surface area contributed by atoms with E-state index in [1.165, 1.54) is 0 Å². The van der Waals surface area contributed by atoms with Crippen LogP contribution < -0.4 is 4.90 Å². The number of carboxylic acid groups (broad SMARTS) is 1. The van der Waals surface area contributed by atoms with Crippen LogP contribution in [0.5, 0.6) is 0 Å². The van der Waals surface area contributed by atoms with Crippen molar-refractivity contribution < 1.29 is 14.7 Å². The number of hydrogen-bond donors (Lipinski definition) is 1.